The minimum atomic E-state index is -2.84. The van der Waals surface area contributed by atoms with Crippen LogP contribution in [-0.2, 0) is 0 Å². The van der Waals surface area contributed by atoms with Gasteiger partial charge in [-0.2, -0.15) is 0 Å². The summed E-state index contributed by atoms with van der Waals surface area (Å²) in [6.07, 6.45) is 3.31. The van der Waals surface area contributed by atoms with Gasteiger partial charge in [-0.3, -0.25) is 0 Å². The van der Waals surface area contributed by atoms with Crippen LogP contribution in [0, 0.1) is 11.7 Å². The maximum Gasteiger partial charge on any atom is 0.266 e. The second-order valence-corrected chi connectivity index (χ2v) is 8.11. The zero-order valence-electron chi connectivity index (χ0n) is 17.3. The summed E-state index contributed by atoms with van der Waals surface area (Å²) in [5, 5.41) is 6.73. The smallest absolute Gasteiger partial charge is 0.266 e. The predicted octanol–water partition coefficient (Wildman–Crippen LogP) is 5.16. The molecule has 1 atom stereocenters. The lowest BCUT2D eigenvalue weighted by molar-refractivity contribution is 0.146. The summed E-state index contributed by atoms with van der Waals surface area (Å²) >= 11 is 0. The van der Waals surface area contributed by atoms with E-state index >= 15 is 0 Å². The highest BCUT2D eigenvalue weighted by molar-refractivity contribution is 5.80. The fourth-order valence-corrected chi connectivity index (χ4v) is 4.44. The van der Waals surface area contributed by atoms with Crippen molar-refractivity contribution in [1.82, 2.24) is 10.3 Å². The van der Waals surface area contributed by atoms with E-state index in [9.17, 15) is 13.2 Å². The first-order valence-corrected chi connectivity index (χ1v) is 10.4. The lowest BCUT2D eigenvalue weighted by Gasteiger charge is -2.33. The number of aromatic nitrogens is 1. The second kappa shape index (κ2) is 8.68. The van der Waals surface area contributed by atoms with Gasteiger partial charge < -0.3 is 15.5 Å². The van der Waals surface area contributed by atoms with E-state index in [4.69, 9.17) is 0 Å². The van der Waals surface area contributed by atoms with Crippen molar-refractivity contribution in [3.05, 3.63) is 58.5 Å². The zero-order valence-corrected chi connectivity index (χ0v) is 17.3. The molecule has 2 aliphatic heterocycles. The first-order valence-electron chi connectivity index (χ1n) is 10.4. The van der Waals surface area contributed by atoms with Gasteiger partial charge in [0.25, 0.3) is 6.43 Å². The molecule has 0 aliphatic carbocycles. The summed E-state index contributed by atoms with van der Waals surface area (Å²) in [4.78, 5) is 6.67. The Hall–Kier alpha value is -2.54. The monoisotopic (exact) mass is 416 g/mol. The maximum atomic E-state index is 14.6. The molecule has 7 heteroatoms. The van der Waals surface area contributed by atoms with Gasteiger partial charge in [0, 0.05) is 36.6 Å². The Morgan fingerprint density at radius 1 is 1.17 bits per heavy atom. The first kappa shape index (κ1) is 20.7. The maximum absolute atomic E-state index is 14.6. The molecule has 1 aromatic carbocycles. The quantitative estimate of drug-likeness (QED) is 0.706. The Labute approximate surface area is 175 Å². The molecule has 160 valence electrons. The molecule has 0 bridgehead atoms. The van der Waals surface area contributed by atoms with Crippen molar-refractivity contribution < 1.29 is 13.2 Å². The number of hydrogen-bond acceptors (Lipinski definition) is 4. The topological polar surface area (TPSA) is 40.2 Å². The number of hydrogen-bond donors (Lipinski definition) is 2. The predicted molar refractivity (Wildman–Crippen MR) is 114 cm³/mol. The first-order chi connectivity index (χ1) is 14.5. The van der Waals surface area contributed by atoms with E-state index in [-0.39, 0.29) is 5.56 Å². The van der Waals surface area contributed by atoms with Crippen LogP contribution in [0.25, 0.3) is 6.08 Å². The van der Waals surface area contributed by atoms with Crippen LogP contribution in [0.15, 0.2) is 36.0 Å². The molecule has 3 heterocycles. The fourth-order valence-electron chi connectivity index (χ4n) is 4.44. The van der Waals surface area contributed by atoms with E-state index in [0.29, 0.717) is 5.92 Å². The zero-order chi connectivity index (χ0) is 21.3. The lowest BCUT2D eigenvalue weighted by Crippen LogP contribution is -2.34. The molecule has 1 aromatic heterocycles. The average Bonchev–Trinajstić information content (AvgIpc) is 2.74. The van der Waals surface area contributed by atoms with Gasteiger partial charge in [-0.1, -0.05) is 18.2 Å². The third kappa shape index (κ3) is 4.03. The Morgan fingerprint density at radius 2 is 1.90 bits per heavy atom. The van der Waals surface area contributed by atoms with Crippen molar-refractivity contribution in [1.29, 1.82) is 0 Å². The number of piperidine rings is 1. The van der Waals surface area contributed by atoms with Gasteiger partial charge in [0.2, 0.25) is 0 Å². The molecule has 0 saturated carbocycles. The number of pyridine rings is 1. The minimum absolute atomic E-state index is 0.227. The van der Waals surface area contributed by atoms with Gasteiger partial charge in [0.1, 0.15) is 11.6 Å². The molecule has 0 radical (unpaired) electrons. The molecule has 4 nitrogen and oxygen atoms in total. The molecule has 4 rings (SSSR count). The number of nitrogens with zero attached hydrogens (tertiary/aromatic N) is 2. The number of fused-ring (bicyclic) bond motifs is 1. The van der Waals surface area contributed by atoms with Crippen molar-refractivity contribution in [2.45, 2.75) is 32.2 Å². The number of benzene rings is 1. The highest BCUT2D eigenvalue weighted by Gasteiger charge is 2.26. The summed E-state index contributed by atoms with van der Waals surface area (Å²) in [6.45, 7) is 4.67. The van der Waals surface area contributed by atoms with E-state index < -0.39 is 23.8 Å². The minimum Gasteiger partial charge on any atom is -0.378 e. The van der Waals surface area contributed by atoms with E-state index in [1.165, 1.54) is 11.6 Å². The number of likely N-dealkylation sites (N-methyl/N-ethyl adjacent to an activating group) is 1. The average molecular weight is 416 g/mol. The highest BCUT2D eigenvalue weighted by atomic mass is 19.3. The van der Waals surface area contributed by atoms with Crippen molar-refractivity contribution in [3.63, 3.8) is 0 Å². The van der Waals surface area contributed by atoms with E-state index in [1.807, 2.05) is 13.1 Å². The van der Waals surface area contributed by atoms with Crippen LogP contribution in [0.1, 0.15) is 48.9 Å². The van der Waals surface area contributed by atoms with Crippen LogP contribution >= 0.6 is 0 Å². The summed E-state index contributed by atoms with van der Waals surface area (Å²) < 4.78 is 40.8. The van der Waals surface area contributed by atoms with E-state index in [0.717, 1.165) is 55.6 Å². The molecular weight excluding hydrogens is 389 g/mol. The summed E-state index contributed by atoms with van der Waals surface area (Å²) in [6, 6.07) is 5.55. The number of nitrogens with one attached hydrogen (secondary N) is 2. The van der Waals surface area contributed by atoms with Crippen molar-refractivity contribution in [2.24, 2.45) is 5.92 Å². The van der Waals surface area contributed by atoms with Gasteiger partial charge in [-0.15, -0.1) is 0 Å². The second-order valence-electron chi connectivity index (χ2n) is 8.11. The van der Waals surface area contributed by atoms with Gasteiger partial charge in [0.05, 0.1) is 11.6 Å². The van der Waals surface area contributed by atoms with Crippen LogP contribution in [0.4, 0.5) is 24.7 Å². The summed E-state index contributed by atoms with van der Waals surface area (Å²) in [5.41, 5.74) is 2.83. The molecule has 0 spiro atoms. The number of alkyl halides is 2. The van der Waals surface area contributed by atoms with Gasteiger partial charge in [-0.25, -0.2) is 18.2 Å². The molecule has 1 saturated heterocycles. The molecular formula is C23H27F3N4. The molecule has 0 unspecified atom stereocenters. The van der Waals surface area contributed by atoms with E-state index in [1.54, 1.807) is 19.2 Å². The van der Waals surface area contributed by atoms with Crippen LogP contribution in [0.5, 0.6) is 0 Å². The number of anilines is 2. The fraction of sp³-hybridized carbons (Fsp3) is 0.435. The SMILES string of the molecule is C[C@@H](Nc1ccnc2c1C=C(C1CCNCC1)CN2C)c1cccc(C(F)F)c1F. The Bertz CT molecular complexity index is 938. The molecule has 2 aliphatic rings. The molecule has 0 amide bonds. The lowest BCUT2D eigenvalue weighted by atomic mass is 9.86. The van der Waals surface area contributed by atoms with Crippen LogP contribution in [-0.4, -0.2) is 31.7 Å². The van der Waals surface area contributed by atoms with Crippen molar-refractivity contribution in [3.8, 4) is 0 Å². The number of halogens is 3. The van der Waals surface area contributed by atoms with E-state index in [2.05, 4.69) is 26.6 Å². The van der Waals surface area contributed by atoms with Crippen LogP contribution in [0.3, 0.4) is 0 Å². The molecule has 2 aromatic rings. The molecule has 30 heavy (non-hydrogen) atoms. The van der Waals surface area contributed by atoms with Gasteiger partial charge in [-0.05, 0) is 56.5 Å². The Balaban J connectivity index is 1.65. The largest absolute Gasteiger partial charge is 0.378 e. The summed E-state index contributed by atoms with van der Waals surface area (Å²) in [5.74, 6) is 0.553. The van der Waals surface area contributed by atoms with Gasteiger partial charge in [0.15, 0.2) is 0 Å². The Morgan fingerprint density at radius 3 is 2.63 bits per heavy atom. The summed E-state index contributed by atoms with van der Waals surface area (Å²) in [7, 11) is 2.03. The van der Waals surface area contributed by atoms with Crippen LogP contribution in [0.2, 0.25) is 0 Å². The van der Waals surface area contributed by atoms with Crippen LogP contribution < -0.4 is 15.5 Å². The highest BCUT2D eigenvalue weighted by Crippen LogP contribution is 2.37. The molecule has 2 N–H and O–H groups in total. The molecule has 1 fully saturated rings. The normalized spacial score (nSPS) is 18.2. The standard InChI is InChI=1S/C23H27F3N4/c1-14(17-4-3-5-18(21(17)24)22(25)26)29-20-8-11-28-23-19(20)12-16(13-30(23)2)15-6-9-27-10-7-15/h3-5,8,11-12,14-15,22,27H,6-7,9-10,13H2,1-2H3,(H,28,29)/t14-/m1/s1. The van der Waals surface area contributed by atoms with Crippen molar-refractivity contribution >= 4 is 17.6 Å². The van der Waals surface area contributed by atoms with Gasteiger partial charge >= 0.3 is 0 Å². The third-order valence-electron chi connectivity index (χ3n) is 6.08. The third-order valence-corrected chi connectivity index (χ3v) is 6.08. The van der Waals surface area contributed by atoms with Crippen molar-refractivity contribution in [2.75, 3.05) is 36.9 Å². The number of rotatable bonds is 5. The Kier molecular flexibility index (Phi) is 5.99.